The highest BCUT2D eigenvalue weighted by molar-refractivity contribution is 5.59. The van der Waals surface area contributed by atoms with Gasteiger partial charge in [0, 0.05) is 5.69 Å². The molecule has 0 atom stereocenters. The predicted octanol–water partition coefficient (Wildman–Crippen LogP) is 2.73. The molecule has 6 heteroatoms. The molecule has 0 bridgehead atoms. The standard InChI is InChI=1S/C14H12FN5/c15-12-7-6-10(8-13(12)16)18-14-17-9-20(19-14)11-4-2-1-3-5-11/h1-9H,16H2,(H,18,19). The quantitative estimate of drug-likeness (QED) is 0.717. The van der Waals surface area contributed by atoms with E-state index in [1.807, 2.05) is 30.3 Å². The second-order valence-electron chi connectivity index (χ2n) is 4.21. The third-order valence-corrected chi connectivity index (χ3v) is 2.76. The number of benzene rings is 2. The van der Waals surface area contributed by atoms with Gasteiger partial charge in [-0.25, -0.2) is 9.07 Å². The minimum atomic E-state index is -0.446. The van der Waals surface area contributed by atoms with Crippen molar-refractivity contribution < 1.29 is 4.39 Å². The summed E-state index contributed by atoms with van der Waals surface area (Å²) in [6.07, 6.45) is 1.60. The van der Waals surface area contributed by atoms with Crippen molar-refractivity contribution in [3.05, 3.63) is 60.7 Å². The molecule has 0 amide bonds. The zero-order chi connectivity index (χ0) is 13.9. The van der Waals surface area contributed by atoms with Gasteiger partial charge in [-0.1, -0.05) is 18.2 Å². The Kier molecular flexibility index (Phi) is 3.04. The van der Waals surface area contributed by atoms with Gasteiger partial charge in [-0.3, -0.25) is 0 Å². The van der Waals surface area contributed by atoms with Crippen molar-refractivity contribution in [3.8, 4) is 5.69 Å². The Morgan fingerprint density at radius 2 is 1.90 bits per heavy atom. The predicted molar refractivity (Wildman–Crippen MR) is 75.5 cm³/mol. The summed E-state index contributed by atoms with van der Waals surface area (Å²) in [5.74, 6) is -0.0295. The molecule has 0 unspecified atom stereocenters. The number of hydrogen-bond acceptors (Lipinski definition) is 4. The molecule has 0 radical (unpaired) electrons. The van der Waals surface area contributed by atoms with Crippen LogP contribution in [0.5, 0.6) is 0 Å². The van der Waals surface area contributed by atoms with Gasteiger partial charge in [-0.05, 0) is 30.3 Å². The Bertz CT molecular complexity index is 723. The van der Waals surface area contributed by atoms with Crippen LogP contribution in [0, 0.1) is 5.82 Å². The van der Waals surface area contributed by atoms with E-state index < -0.39 is 5.82 Å². The lowest BCUT2D eigenvalue weighted by Crippen LogP contribution is -1.98. The molecule has 0 aliphatic carbocycles. The molecular formula is C14H12FN5. The zero-order valence-corrected chi connectivity index (χ0v) is 10.5. The molecule has 100 valence electrons. The smallest absolute Gasteiger partial charge is 0.246 e. The van der Waals surface area contributed by atoms with Crippen molar-refractivity contribution in [1.82, 2.24) is 14.8 Å². The summed E-state index contributed by atoms with van der Waals surface area (Å²) in [5, 5.41) is 7.26. The highest BCUT2D eigenvalue weighted by atomic mass is 19.1. The number of anilines is 3. The van der Waals surface area contributed by atoms with E-state index in [2.05, 4.69) is 15.4 Å². The van der Waals surface area contributed by atoms with Crippen LogP contribution < -0.4 is 11.1 Å². The molecule has 3 aromatic rings. The Balaban J connectivity index is 1.82. The Morgan fingerprint density at radius 1 is 1.10 bits per heavy atom. The van der Waals surface area contributed by atoms with Crippen LogP contribution in [0.3, 0.4) is 0 Å². The molecule has 0 aliphatic heterocycles. The molecule has 0 saturated heterocycles. The van der Waals surface area contributed by atoms with E-state index in [4.69, 9.17) is 5.73 Å². The number of para-hydroxylation sites is 1. The maximum Gasteiger partial charge on any atom is 0.246 e. The van der Waals surface area contributed by atoms with Crippen LogP contribution in [-0.4, -0.2) is 14.8 Å². The van der Waals surface area contributed by atoms with Crippen LogP contribution in [0.25, 0.3) is 5.69 Å². The van der Waals surface area contributed by atoms with E-state index >= 15 is 0 Å². The van der Waals surface area contributed by atoms with Crippen LogP contribution in [0.4, 0.5) is 21.7 Å². The van der Waals surface area contributed by atoms with E-state index in [1.165, 1.54) is 12.1 Å². The average molecular weight is 269 g/mol. The van der Waals surface area contributed by atoms with Gasteiger partial charge in [0.15, 0.2) is 0 Å². The van der Waals surface area contributed by atoms with Crippen molar-refractivity contribution in [2.75, 3.05) is 11.1 Å². The Labute approximate surface area is 114 Å². The fourth-order valence-electron chi connectivity index (χ4n) is 1.78. The largest absolute Gasteiger partial charge is 0.396 e. The van der Waals surface area contributed by atoms with Gasteiger partial charge >= 0.3 is 0 Å². The monoisotopic (exact) mass is 269 g/mol. The lowest BCUT2D eigenvalue weighted by Gasteiger charge is -2.03. The third-order valence-electron chi connectivity index (χ3n) is 2.76. The lowest BCUT2D eigenvalue weighted by molar-refractivity contribution is 0.632. The summed E-state index contributed by atoms with van der Waals surface area (Å²) >= 11 is 0. The number of nitrogen functional groups attached to an aromatic ring is 1. The number of nitrogens with zero attached hydrogens (tertiary/aromatic N) is 3. The maximum absolute atomic E-state index is 13.1. The third kappa shape index (κ3) is 2.44. The molecule has 3 rings (SSSR count). The normalized spacial score (nSPS) is 10.4. The average Bonchev–Trinajstić information content (AvgIpc) is 2.92. The van der Waals surface area contributed by atoms with Gasteiger partial charge in [-0.15, -0.1) is 5.10 Å². The van der Waals surface area contributed by atoms with Crippen LogP contribution in [0.15, 0.2) is 54.9 Å². The molecule has 0 aliphatic rings. The number of hydrogen-bond donors (Lipinski definition) is 2. The summed E-state index contributed by atoms with van der Waals surface area (Å²) in [7, 11) is 0. The summed E-state index contributed by atoms with van der Waals surface area (Å²) in [4.78, 5) is 4.15. The van der Waals surface area contributed by atoms with Gasteiger partial charge in [-0.2, -0.15) is 4.98 Å². The van der Waals surface area contributed by atoms with Crippen molar-refractivity contribution in [3.63, 3.8) is 0 Å². The van der Waals surface area contributed by atoms with E-state index in [-0.39, 0.29) is 5.69 Å². The molecule has 5 nitrogen and oxygen atoms in total. The zero-order valence-electron chi connectivity index (χ0n) is 10.5. The lowest BCUT2D eigenvalue weighted by atomic mass is 10.3. The van der Waals surface area contributed by atoms with E-state index in [0.717, 1.165) is 5.69 Å². The van der Waals surface area contributed by atoms with E-state index in [1.54, 1.807) is 17.1 Å². The van der Waals surface area contributed by atoms with Crippen molar-refractivity contribution >= 4 is 17.3 Å². The molecule has 0 saturated carbocycles. The molecular weight excluding hydrogens is 257 g/mol. The molecule has 0 spiro atoms. The van der Waals surface area contributed by atoms with Crippen LogP contribution in [-0.2, 0) is 0 Å². The Morgan fingerprint density at radius 3 is 2.65 bits per heavy atom. The number of nitrogens with two attached hydrogens (primary N) is 1. The second-order valence-corrected chi connectivity index (χ2v) is 4.21. The molecule has 3 N–H and O–H groups in total. The first kappa shape index (κ1) is 12.2. The molecule has 2 aromatic carbocycles. The summed E-state index contributed by atoms with van der Waals surface area (Å²) < 4.78 is 14.7. The first-order valence-corrected chi connectivity index (χ1v) is 6.01. The maximum atomic E-state index is 13.1. The first-order chi connectivity index (χ1) is 9.72. The molecule has 1 heterocycles. The summed E-state index contributed by atoms with van der Waals surface area (Å²) in [6, 6.07) is 14.0. The van der Waals surface area contributed by atoms with Crippen LogP contribution >= 0.6 is 0 Å². The van der Waals surface area contributed by atoms with Gasteiger partial charge in [0.1, 0.15) is 12.1 Å². The van der Waals surface area contributed by atoms with Crippen molar-refractivity contribution in [2.45, 2.75) is 0 Å². The van der Waals surface area contributed by atoms with E-state index in [0.29, 0.717) is 11.6 Å². The minimum Gasteiger partial charge on any atom is -0.396 e. The number of rotatable bonds is 3. The summed E-state index contributed by atoms with van der Waals surface area (Å²) in [6.45, 7) is 0. The Hall–Kier alpha value is -2.89. The number of halogens is 1. The molecule has 0 fully saturated rings. The van der Waals surface area contributed by atoms with Crippen molar-refractivity contribution in [1.29, 1.82) is 0 Å². The number of nitrogens with one attached hydrogen (secondary N) is 1. The van der Waals surface area contributed by atoms with Crippen molar-refractivity contribution in [2.24, 2.45) is 0 Å². The number of aromatic nitrogens is 3. The van der Waals surface area contributed by atoms with Crippen LogP contribution in [0.2, 0.25) is 0 Å². The highest BCUT2D eigenvalue weighted by Crippen LogP contribution is 2.19. The highest BCUT2D eigenvalue weighted by Gasteiger charge is 2.04. The van der Waals surface area contributed by atoms with E-state index in [9.17, 15) is 4.39 Å². The van der Waals surface area contributed by atoms with Gasteiger partial charge in [0.05, 0.1) is 11.4 Å². The molecule has 20 heavy (non-hydrogen) atoms. The van der Waals surface area contributed by atoms with Gasteiger partial charge in [0.25, 0.3) is 0 Å². The summed E-state index contributed by atoms with van der Waals surface area (Å²) in [5.41, 5.74) is 7.13. The molecule has 1 aromatic heterocycles. The van der Waals surface area contributed by atoms with Gasteiger partial charge < -0.3 is 11.1 Å². The van der Waals surface area contributed by atoms with Crippen LogP contribution in [0.1, 0.15) is 0 Å². The SMILES string of the molecule is Nc1cc(Nc2ncn(-c3ccccc3)n2)ccc1F. The topological polar surface area (TPSA) is 68.8 Å². The fraction of sp³-hybridized carbons (Fsp3) is 0. The second kappa shape index (κ2) is 5.00. The minimum absolute atomic E-state index is 0.0810. The first-order valence-electron chi connectivity index (χ1n) is 6.01. The fourth-order valence-corrected chi connectivity index (χ4v) is 1.78. The van der Waals surface area contributed by atoms with Gasteiger partial charge in [0.2, 0.25) is 5.95 Å².